The van der Waals surface area contributed by atoms with Crippen molar-refractivity contribution in [3.63, 3.8) is 0 Å². The minimum atomic E-state index is -0.998. The van der Waals surface area contributed by atoms with Crippen LogP contribution < -0.4 is 5.11 Å². The van der Waals surface area contributed by atoms with Crippen molar-refractivity contribution in [2.75, 3.05) is 18.3 Å². The lowest BCUT2D eigenvalue weighted by molar-refractivity contribution is -0.301. The molecule has 4 heteroatoms. The lowest BCUT2D eigenvalue weighted by atomic mass is 10.4. The number of aliphatic carboxylic acids is 1. The van der Waals surface area contributed by atoms with Crippen molar-refractivity contribution >= 4 is 29.5 Å². The Morgan fingerprint density at radius 1 is 1.19 bits per heavy atom. The van der Waals surface area contributed by atoms with Gasteiger partial charge in [0.25, 0.3) is 0 Å². The van der Waals surface area contributed by atoms with E-state index in [4.69, 9.17) is 0 Å². The second-order valence-corrected chi connectivity index (χ2v) is 4.07. The van der Waals surface area contributed by atoms with Crippen LogP contribution in [0.3, 0.4) is 0 Å². The van der Waals surface area contributed by atoms with Gasteiger partial charge in [-0.2, -0.15) is 11.8 Å². The molecule has 0 aliphatic rings. The van der Waals surface area contributed by atoms with Gasteiger partial charge in [0, 0.05) is 10.6 Å². The molecule has 0 atom stereocenters. The molecule has 0 spiro atoms. The third-order valence-electron chi connectivity index (χ3n) is 1.24. The molecule has 0 unspecified atom stereocenters. The molecular formula is C12H19O2S2-. The predicted octanol–water partition coefficient (Wildman–Crippen LogP) is 2.53. The lowest BCUT2D eigenvalue weighted by Crippen LogP contribution is -2.24. The van der Waals surface area contributed by atoms with E-state index in [1.54, 1.807) is 18.0 Å². The van der Waals surface area contributed by atoms with Crippen LogP contribution in [0.15, 0.2) is 35.2 Å². The quantitative estimate of drug-likeness (QED) is 0.782. The van der Waals surface area contributed by atoms with Crippen molar-refractivity contribution in [2.45, 2.75) is 18.7 Å². The summed E-state index contributed by atoms with van der Waals surface area (Å²) in [5.74, 6) is -0.900. The van der Waals surface area contributed by atoms with Gasteiger partial charge in [-0.15, -0.1) is 11.8 Å². The van der Waals surface area contributed by atoms with Crippen molar-refractivity contribution in [2.24, 2.45) is 0 Å². The Labute approximate surface area is 107 Å². The SMILES string of the molecule is CC.CSCC(=O)[O-].CSc1ccccc1. The fourth-order valence-corrected chi connectivity index (χ4v) is 1.34. The highest BCUT2D eigenvalue weighted by atomic mass is 32.2. The molecular weight excluding hydrogens is 240 g/mol. The van der Waals surface area contributed by atoms with E-state index in [1.807, 2.05) is 32.0 Å². The normalized spacial score (nSPS) is 8.00. The fraction of sp³-hybridized carbons (Fsp3) is 0.417. The summed E-state index contributed by atoms with van der Waals surface area (Å²) in [5, 5.41) is 9.47. The zero-order valence-corrected chi connectivity index (χ0v) is 11.9. The van der Waals surface area contributed by atoms with E-state index in [-0.39, 0.29) is 5.75 Å². The average molecular weight is 259 g/mol. The van der Waals surface area contributed by atoms with Gasteiger partial charge in [0.15, 0.2) is 0 Å². The zero-order chi connectivity index (χ0) is 12.8. The van der Waals surface area contributed by atoms with Crippen LogP contribution in [0, 0.1) is 0 Å². The third kappa shape index (κ3) is 13.4. The van der Waals surface area contributed by atoms with Crippen molar-refractivity contribution in [1.82, 2.24) is 0 Å². The van der Waals surface area contributed by atoms with Gasteiger partial charge in [-0.05, 0) is 24.6 Å². The third-order valence-corrected chi connectivity index (χ3v) is 2.51. The molecule has 0 saturated heterocycles. The van der Waals surface area contributed by atoms with Gasteiger partial charge in [-0.1, -0.05) is 32.0 Å². The molecule has 0 aromatic heterocycles. The Kier molecular flexibility index (Phi) is 16.0. The average Bonchev–Trinajstić information content (AvgIpc) is 2.33. The molecule has 2 nitrogen and oxygen atoms in total. The topological polar surface area (TPSA) is 40.1 Å². The van der Waals surface area contributed by atoms with Crippen LogP contribution in [0.25, 0.3) is 0 Å². The van der Waals surface area contributed by atoms with Crippen LogP contribution in [0.2, 0.25) is 0 Å². The first-order valence-electron chi connectivity index (χ1n) is 4.98. The van der Waals surface area contributed by atoms with Crippen molar-refractivity contribution in [3.8, 4) is 0 Å². The van der Waals surface area contributed by atoms with Crippen molar-refractivity contribution in [1.29, 1.82) is 0 Å². The highest BCUT2D eigenvalue weighted by molar-refractivity contribution is 7.99. The molecule has 0 radical (unpaired) electrons. The summed E-state index contributed by atoms with van der Waals surface area (Å²) in [6.45, 7) is 4.00. The van der Waals surface area contributed by atoms with E-state index < -0.39 is 5.97 Å². The predicted molar refractivity (Wildman–Crippen MR) is 73.0 cm³/mol. The van der Waals surface area contributed by atoms with Crippen LogP contribution in [0.5, 0.6) is 0 Å². The van der Waals surface area contributed by atoms with Gasteiger partial charge in [-0.25, -0.2) is 0 Å². The summed E-state index contributed by atoms with van der Waals surface area (Å²) in [6, 6.07) is 10.3. The zero-order valence-electron chi connectivity index (χ0n) is 10.2. The van der Waals surface area contributed by atoms with E-state index in [0.29, 0.717) is 0 Å². The molecule has 1 aromatic carbocycles. The Hall–Kier alpha value is -0.610. The summed E-state index contributed by atoms with van der Waals surface area (Å²) in [6.07, 6.45) is 3.80. The van der Waals surface area contributed by atoms with E-state index in [0.717, 1.165) is 0 Å². The van der Waals surface area contributed by atoms with E-state index in [9.17, 15) is 9.90 Å². The van der Waals surface area contributed by atoms with E-state index in [2.05, 4.69) is 18.4 Å². The van der Waals surface area contributed by atoms with Crippen LogP contribution >= 0.6 is 23.5 Å². The number of carbonyl (C=O) groups is 1. The van der Waals surface area contributed by atoms with Crippen LogP contribution in [0.4, 0.5) is 0 Å². The molecule has 16 heavy (non-hydrogen) atoms. The number of hydrogen-bond acceptors (Lipinski definition) is 4. The summed E-state index contributed by atoms with van der Waals surface area (Å²) >= 11 is 3.02. The van der Waals surface area contributed by atoms with Gasteiger partial charge in [0.2, 0.25) is 0 Å². The maximum atomic E-state index is 9.47. The van der Waals surface area contributed by atoms with Gasteiger partial charge in [0.1, 0.15) is 0 Å². The molecule has 0 N–H and O–H groups in total. The second kappa shape index (κ2) is 14.4. The summed E-state index contributed by atoms with van der Waals surface area (Å²) in [7, 11) is 0. The number of carboxylic acid groups (broad SMARTS) is 1. The first-order chi connectivity index (χ1) is 7.70. The second-order valence-electron chi connectivity index (χ2n) is 2.32. The number of thioether (sulfide) groups is 2. The van der Waals surface area contributed by atoms with Crippen molar-refractivity contribution < 1.29 is 9.90 Å². The molecule has 0 aliphatic heterocycles. The smallest absolute Gasteiger partial charge is 0.0513 e. The van der Waals surface area contributed by atoms with Crippen LogP contribution in [-0.4, -0.2) is 24.2 Å². The monoisotopic (exact) mass is 259 g/mol. The van der Waals surface area contributed by atoms with Gasteiger partial charge in [-0.3, -0.25) is 0 Å². The van der Waals surface area contributed by atoms with Gasteiger partial charge in [0.05, 0.1) is 5.97 Å². The molecule has 0 amide bonds. The number of hydrogen-bond donors (Lipinski definition) is 0. The van der Waals surface area contributed by atoms with Gasteiger partial charge < -0.3 is 9.90 Å². The maximum absolute atomic E-state index is 9.47. The molecule has 1 aromatic rings. The van der Waals surface area contributed by atoms with Crippen molar-refractivity contribution in [3.05, 3.63) is 30.3 Å². The van der Waals surface area contributed by atoms with E-state index >= 15 is 0 Å². The first kappa shape index (κ1) is 17.8. The highest BCUT2D eigenvalue weighted by Gasteiger charge is 1.80. The Morgan fingerprint density at radius 2 is 1.69 bits per heavy atom. The molecule has 1 rings (SSSR count). The number of rotatable bonds is 3. The fourth-order valence-electron chi connectivity index (χ4n) is 0.674. The van der Waals surface area contributed by atoms with Crippen LogP contribution in [-0.2, 0) is 4.79 Å². The molecule has 0 bridgehead atoms. The minimum Gasteiger partial charge on any atom is -0.549 e. The van der Waals surface area contributed by atoms with E-state index in [1.165, 1.54) is 16.7 Å². The standard InChI is InChI=1S/C7H8S.C3H6O2S.C2H6/c1-8-7-5-3-2-4-6-7;1-6-2-3(4)5;1-2/h2-6H,1H3;2H2,1H3,(H,4,5);1-2H3/p-1. The summed E-state index contributed by atoms with van der Waals surface area (Å²) in [5.41, 5.74) is 0. The molecule has 0 heterocycles. The number of carbonyl (C=O) groups excluding carboxylic acids is 1. The molecule has 0 fully saturated rings. The summed E-state index contributed by atoms with van der Waals surface area (Å²) in [4.78, 5) is 10.8. The van der Waals surface area contributed by atoms with Crippen LogP contribution in [0.1, 0.15) is 13.8 Å². The number of benzene rings is 1. The maximum Gasteiger partial charge on any atom is 0.0513 e. The molecule has 0 saturated carbocycles. The number of carboxylic acids is 1. The molecule has 92 valence electrons. The Bertz CT molecular complexity index is 250. The Morgan fingerprint density at radius 3 is 1.88 bits per heavy atom. The largest absolute Gasteiger partial charge is 0.549 e. The summed E-state index contributed by atoms with van der Waals surface area (Å²) < 4.78 is 0. The first-order valence-corrected chi connectivity index (χ1v) is 7.60. The molecule has 0 aliphatic carbocycles. The highest BCUT2D eigenvalue weighted by Crippen LogP contribution is 2.11. The lowest BCUT2D eigenvalue weighted by Gasteiger charge is -1.92. The van der Waals surface area contributed by atoms with Gasteiger partial charge >= 0.3 is 0 Å². The minimum absolute atomic E-state index is 0.0972. The Balaban J connectivity index is 0.